The average Bonchev–Trinajstić information content (AvgIpc) is 2.11. The molecule has 0 fully saturated rings. The molecule has 13 heavy (non-hydrogen) atoms. The largest absolute Gasteiger partial charge is 0.394 e. The monoisotopic (exact) mass is 191 g/mol. The van der Waals surface area contributed by atoms with Gasteiger partial charge >= 0.3 is 0 Å². The number of amides is 1. The van der Waals surface area contributed by atoms with Crippen LogP contribution in [0.3, 0.4) is 0 Å². The van der Waals surface area contributed by atoms with Gasteiger partial charge in [-0.2, -0.15) is 0 Å². The van der Waals surface area contributed by atoms with E-state index in [4.69, 9.17) is 10.2 Å². The van der Waals surface area contributed by atoms with Gasteiger partial charge in [-0.3, -0.25) is 4.79 Å². The summed E-state index contributed by atoms with van der Waals surface area (Å²) in [4.78, 5) is 11.1. The molecule has 0 heterocycles. The van der Waals surface area contributed by atoms with E-state index in [9.17, 15) is 9.90 Å². The van der Waals surface area contributed by atoms with Gasteiger partial charge in [0.15, 0.2) is 0 Å². The van der Waals surface area contributed by atoms with Crippen molar-refractivity contribution in [3.8, 4) is 0 Å². The Balaban J connectivity index is 3.74. The third-order valence-electron chi connectivity index (χ3n) is 1.62. The molecular weight excluding hydrogens is 174 g/mol. The van der Waals surface area contributed by atoms with Crippen molar-refractivity contribution in [2.45, 2.75) is 26.1 Å². The summed E-state index contributed by atoms with van der Waals surface area (Å²) >= 11 is 0. The molecule has 0 radical (unpaired) electrons. The number of aliphatic hydroxyl groups excluding tert-OH is 3. The highest BCUT2D eigenvalue weighted by Crippen LogP contribution is 2.00. The summed E-state index contributed by atoms with van der Waals surface area (Å²) in [6.07, 6.45) is -2.03. The van der Waals surface area contributed by atoms with Gasteiger partial charge in [0.25, 0.3) is 0 Å². The summed E-state index contributed by atoms with van der Waals surface area (Å²) in [5.74, 6) is -0.686. The van der Waals surface area contributed by atoms with Gasteiger partial charge in [-0.15, -0.1) is 0 Å². The van der Waals surface area contributed by atoms with Crippen LogP contribution in [0, 0.1) is 5.92 Å². The van der Waals surface area contributed by atoms with Crippen LogP contribution >= 0.6 is 0 Å². The minimum absolute atomic E-state index is 0.0425. The fraction of sp³-hybridized carbons (Fsp3) is 0.875. The van der Waals surface area contributed by atoms with Gasteiger partial charge in [0.2, 0.25) is 5.91 Å². The summed E-state index contributed by atoms with van der Waals surface area (Å²) in [7, 11) is 0. The number of hydrogen-bond acceptors (Lipinski definition) is 4. The average molecular weight is 191 g/mol. The van der Waals surface area contributed by atoms with E-state index in [2.05, 4.69) is 5.32 Å². The first-order chi connectivity index (χ1) is 5.99. The number of rotatable bonds is 5. The van der Waals surface area contributed by atoms with Crippen LogP contribution in [0.2, 0.25) is 0 Å². The van der Waals surface area contributed by atoms with Gasteiger partial charge < -0.3 is 20.6 Å². The minimum atomic E-state index is -1.06. The zero-order chi connectivity index (χ0) is 10.4. The second-order valence-corrected chi connectivity index (χ2v) is 3.27. The summed E-state index contributed by atoms with van der Waals surface area (Å²) in [5, 5.41) is 28.9. The molecule has 0 rings (SSSR count). The predicted molar refractivity (Wildman–Crippen MR) is 46.9 cm³/mol. The lowest BCUT2D eigenvalue weighted by molar-refractivity contribution is -0.131. The van der Waals surface area contributed by atoms with Crippen molar-refractivity contribution in [3.63, 3.8) is 0 Å². The first-order valence-electron chi connectivity index (χ1n) is 4.23. The maximum Gasteiger partial charge on any atom is 0.249 e. The molecule has 0 bridgehead atoms. The summed E-state index contributed by atoms with van der Waals surface area (Å²) in [6, 6.07) is 0. The molecule has 0 unspecified atom stereocenters. The SMILES string of the molecule is CC(C)[C@@H](O)C(=O)NC[C@@H](O)CO. The molecule has 78 valence electrons. The Hall–Kier alpha value is -0.650. The Morgan fingerprint density at radius 1 is 1.38 bits per heavy atom. The highest BCUT2D eigenvalue weighted by Gasteiger charge is 2.18. The van der Waals surface area contributed by atoms with Crippen LogP contribution in [-0.2, 0) is 4.79 Å². The maximum atomic E-state index is 11.1. The lowest BCUT2D eigenvalue weighted by atomic mass is 10.1. The standard InChI is InChI=1S/C8H17NO4/c1-5(2)7(12)8(13)9-3-6(11)4-10/h5-7,10-12H,3-4H2,1-2H3,(H,9,13)/t6-,7-/m1/s1. The summed E-state index contributed by atoms with van der Waals surface area (Å²) in [6.45, 7) is 2.98. The molecule has 0 aromatic heterocycles. The van der Waals surface area contributed by atoms with Gasteiger partial charge in [0, 0.05) is 6.54 Å². The highest BCUT2D eigenvalue weighted by molar-refractivity contribution is 5.80. The number of hydrogen-bond donors (Lipinski definition) is 4. The van der Waals surface area contributed by atoms with Crippen molar-refractivity contribution in [3.05, 3.63) is 0 Å². The second-order valence-electron chi connectivity index (χ2n) is 3.27. The van der Waals surface area contributed by atoms with E-state index in [0.29, 0.717) is 0 Å². The molecule has 0 spiro atoms. The molecule has 0 saturated carbocycles. The smallest absolute Gasteiger partial charge is 0.249 e. The molecule has 0 aromatic rings. The molecule has 0 saturated heterocycles. The zero-order valence-corrected chi connectivity index (χ0v) is 7.90. The molecule has 4 N–H and O–H groups in total. The van der Waals surface area contributed by atoms with Crippen LogP contribution < -0.4 is 5.32 Å². The number of nitrogens with one attached hydrogen (secondary N) is 1. The molecule has 0 aliphatic rings. The van der Waals surface area contributed by atoms with Crippen LogP contribution in [0.25, 0.3) is 0 Å². The van der Waals surface area contributed by atoms with Crippen molar-refractivity contribution in [2.75, 3.05) is 13.2 Å². The van der Waals surface area contributed by atoms with E-state index in [1.807, 2.05) is 0 Å². The summed E-state index contributed by atoms with van der Waals surface area (Å²) < 4.78 is 0. The topological polar surface area (TPSA) is 89.8 Å². The third-order valence-corrected chi connectivity index (χ3v) is 1.62. The Morgan fingerprint density at radius 3 is 2.31 bits per heavy atom. The predicted octanol–water partition coefficient (Wildman–Crippen LogP) is -1.53. The number of carbonyl (C=O) groups excluding carboxylic acids is 1. The number of aliphatic hydroxyl groups is 3. The first kappa shape index (κ1) is 12.3. The fourth-order valence-corrected chi connectivity index (χ4v) is 0.690. The van der Waals surface area contributed by atoms with Crippen LogP contribution in [-0.4, -0.2) is 46.6 Å². The van der Waals surface area contributed by atoms with E-state index in [1.165, 1.54) is 0 Å². The van der Waals surface area contributed by atoms with Crippen molar-refractivity contribution in [1.82, 2.24) is 5.32 Å². The molecule has 2 atom stereocenters. The van der Waals surface area contributed by atoms with E-state index in [-0.39, 0.29) is 12.5 Å². The van der Waals surface area contributed by atoms with Gasteiger partial charge in [0.1, 0.15) is 6.10 Å². The minimum Gasteiger partial charge on any atom is -0.394 e. The van der Waals surface area contributed by atoms with E-state index in [0.717, 1.165) is 0 Å². The fourth-order valence-electron chi connectivity index (χ4n) is 0.690. The van der Waals surface area contributed by atoms with Gasteiger partial charge in [0.05, 0.1) is 12.7 Å². The van der Waals surface area contributed by atoms with E-state index >= 15 is 0 Å². The lowest BCUT2D eigenvalue weighted by Gasteiger charge is -2.15. The zero-order valence-electron chi connectivity index (χ0n) is 7.90. The molecule has 0 aliphatic heterocycles. The van der Waals surface area contributed by atoms with E-state index < -0.39 is 24.7 Å². The Morgan fingerprint density at radius 2 is 1.92 bits per heavy atom. The van der Waals surface area contributed by atoms with Crippen LogP contribution in [0.5, 0.6) is 0 Å². The highest BCUT2D eigenvalue weighted by atomic mass is 16.3. The van der Waals surface area contributed by atoms with Crippen molar-refractivity contribution >= 4 is 5.91 Å². The van der Waals surface area contributed by atoms with Gasteiger partial charge in [-0.05, 0) is 5.92 Å². The van der Waals surface area contributed by atoms with Crippen molar-refractivity contribution in [1.29, 1.82) is 0 Å². The van der Waals surface area contributed by atoms with Crippen LogP contribution in [0.15, 0.2) is 0 Å². The summed E-state index contributed by atoms with van der Waals surface area (Å²) in [5.41, 5.74) is 0. The van der Waals surface area contributed by atoms with Crippen LogP contribution in [0.1, 0.15) is 13.8 Å². The second kappa shape index (κ2) is 5.90. The molecule has 5 heteroatoms. The third kappa shape index (κ3) is 4.82. The Kier molecular flexibility index (Phi) is 5.61. The molecule has 5 nitrogen and oxygen atoms in total. The normalized spacial score (nSPS) is 15.5. The van der Waals surface area contributed by atoms with Crippen molar-refractivity contribution < 1.29 is 20.1 Å². The maximum absolute atomic E-state index is 11.1. The number of carbonyl (C=O) groups is 1. The lowest BCUT2D eigenvalue weighted by Crippen LogP contribution is -2.42. The first-order valence-corrected chi connectivity index (χ1v) is 4.23. The molecule has 1 amide bonds. The molecular formula is C8H17NO4. The Labute approximate surface area is 77.4 Å². The van der Waals surface area contributed by atoms with Crippen molar-refractivity contribution in [2.24, 2.45) is 5.92 Å². The van der Waals surface area contributed by atoms with Gasteiger partial charge in [-0.1, -0.05) is 13.8 Å². The quantitative estimate of drug-likeness (QED) is 0.424. The van der Waals surface area contributed by atoms with Crippen LogP contribution in [0.4, 0.5) is 0 Å². The van der Waals surface area contributed by atoms with E-state index in [1.54, 1.807) is 13.8 Å². The Bertz CT molecular complexity index is 160. The van der Waals surface area contributed by atoms with Gasteiger partial charge in [-0.25, -0.2) is 0 Å². The molecule has 0 aliphatic carbocycles. The molecule has 0 aromatic carbocycles.